The second-order valence-corrected chi connectivity index (χ2v) is 14.4. The molecule has 268 valence electrons. The Morgan fingerprint density at radius 3 is 1.98 bits per heavy atom. The van der Waals surface area contributed by atoms with E-state index in [0.29, 0.717) is 24.1 Å². The minimum absolute atomic E-state index is 0.446. The summed E-state index contributed by atoms with van der Waals surface area (Å²) in [7, 11) is 0. The zero-order chi connectivity index (χ0) is 37.9. The second kappa shape index (κ2) is 13.3. The van der Waals surface area contributed by atoms with Crippen LogP contribution in [0.1, 0.15) is 5.56 Å². The van der Waals surface area contributed by atoms with Crippen molar-refractivity contribution in [2.24, 2.45) is 0 Å². The molecule has 5 heteroatoms. The molecule has 11 rings (SSSR count). The predicted molar refractivity (Wildman–Crippen MR) is 233 cm³/mol. The summed E-state index contributed by atoms with van der Waals surface area (Å²) in [6.07, 6.45) is 7.96. The van der Waals surface area contributed by atoms with Crippen molar-refractivity contribution in [2.45, 2.75) is 0 Å². The van der Waals surface area contributed by atoms with Crippen LogP contribution in [0, 0.1) is 0 Å². The Balaban J connectivity index is 1.19. The molecular weight excluding hydrogens is 697 g/mol. The van der Waals surface area contributed by atoms with Crippen molar-refractivity contribution in [3.8, 4) is 79.0 Å². The van der Waals surface area contributed by atoms with Gasteiger partial charge in [-0.1, -0.05) is 146 Å². The summed E-state index contributed by atoms with van der Waals surface area (Å²) < 4.78 is 8.69. The van der Waals surface area contributed by atoms with Crippen molar-refractivity contribution in [3.05, 3.63) is 194 Å². The molecule has 2 aliphatic rings. The number of benzene rings is 7. The van der Waals surface area contributed by atoms with Crippen LogP contribution in [0.5, 0.6) is 5.75 Å². The summed E-state index contributed by atoms with van der Waals surface area (Å²) in [6, 6.07) is 55.6. The molecule has 0 saturated carbocycles. The summed E-state index contributed by atoms with van der Waals surface area (Å²) in [5.41, 5.74) is 14.8. The molecule has 0 radical (unpaired) electrons. The van der Waals surface area contributed by atoms with Crippen molar-refractivity contribution < 1.29 is 4.74 Å². The van der Waals surface area contributed by atoms with Gasteiger partial charge in [-0.25, -0.2) is 15.0 Å². The van der Waals surface area contributed by atoms with E-state index in [-0.39, 0.29) is 0 Å². The topological polar surface area (TPSA) is 52.8 Å². The lowest BCUT2D eigenvalue weighted by Gasteiger charge is -2.16. The third kappa shape index (κ3) is 5.43. The lowest BCUT2D eigenvalue weighted by Crippen LogP contribution is -2.03. The average Bonchev–Trinajstić information content (AvgIpc) is 3.59. The lowest BCUT2D eigenvalue weighted by molar-refractivity contribution is 0.362. The Kier molecular flexibility index (Phi) is 7.64. The van der Waals surface area contributed by atoms with Crippen molar-refractivity contribution >= 4 is 27.4 Å². The zero-order valence-electron chi connectivity index (χ0n) is 30.9. The van der Waals surface area contributed by atoms with Gasteiger partial charge < -0.3 is 9.30 Å². The molecule has 0 aliphatic carbocycles. The van der Waals surface area contributed by atoms with E-state index >= 15 is 0 Å². The zero-order valence-corrected chi connectivity index (χ0v) is 30.9. The Morgan fingerprint density at radius 1 is 0.491 bits per heavy atom. The van der Waals surface area contributed by atoms with Crippen LogP contribution < -0.4 is 4.74 Å². The lowest BCUT2D eigenvalue weighted by atomic mass is 9.91. The number of hydrogen-bond acceptors (Lipinski definition) is 4. The molecule has 5 nitrogen and oxygen atoms in total. The molecule has 0 fully saturated rings. The van der Waals surface area contributed by atoms with Gasteiger partial charge in [0.25, 0.3) is 0 Å². The molecular formula is C52H34N4O. The minimum Gasteiger partial charge on any atom is -0.489 e. The van der Waals surface area contributed by atoms with Gasteiger partial charge in [0.2, 0.25) is 0 Å². The Morgan fingerprint density at radius 2 is 1.16 bits per heavy atom. The molecule has 9 aromatic rings. The fourth-order valence-electron chi connectivity index (χ4n) is 8.43. The van der Waals surface area contributed by atoms with E-state index < -0.39 is 0 Å². The fourth-order valence-corrected chi connectivity index (χ4v) is 8.43. The molecule has 0 spiro atoms. The van der Waals surface area contributed by atoms with Crippen molar-refractivity contribution in [1.29, 1.82) is 0 Å². The molecule has 0 bridgehead atoms. The van der Waals surface area contributed by atoms with Crippen molar-refractivity contribution in [1.82, 2.24) is 19.5 Å². The Bertz CT molecular complexity index is 3140. The van der Waals surface area contributed by atoms with E-state index in [2.05, 4.69) is 120 Å². The smallest absolute Gasteiger partial charge is 0.164 e. The monoisotopic (exact) mass is 730 g/mol. The van der Waals surface area contributed by atoms with Crippen LogP contribution in [-0.4, -0.2) is 26.1 Å². The Hall–Kier alpha value is -7.63. The van der Waals surface area contributed by atoms with Gasteiger partial charge in [0.15, 0.2) is 17.5 Å². The first-order valence-electron chi connectivity index (χ1n) is 19.2. The molecule has 0 N–H and O–H groups in total. The molecule has 0 amide bonds. The van der Waals surface area contributed by atoms with Gasteiger partial charge in [-0.15, -0.1) is 0 Å². The van der Waals surface area contributed by atoms with Gasteiger partial charge in [0.1, 0.15) is 12.4 Å². The number of hydrogen-bond donors (Lipinski definition) is 0. The summed E-state index contributed by atoms with van der Waals surface area (Å²) >= 11 is 0. The molecule has 57 heavy (non-hydrogen) atoms. The Labute approximate surface area is 330 Å². The molecule has 0 saturated heterocycles. The highest BCUT2D eigenvalue weighted by Crippen LogP contribution is 2.49. The van der Waals surface area contributed by atoms with Gasteiger partial charge >= 0.3 is 0 Å². The van der Waals surface area contributed by atoms with Gasteiger partial charge in [0.05, 0.1) is 16.7 Å². The highest BCUT2D eigenvalue weighted by atomic mass is 16.5. The first-order chi connectivity index (χ1) is 28.2. The predicted octanol–water partition coefficient (Wildman–Crippen LogP) is 12.8. The quantitative estimate of drug-likeness (QED) is 0.181. The third-order valence-corrected chi connectivity index (χ3v) is 11.0. The fraction of sp³-hybridized carbons (Fsp3) is 0.0192. The van der Waals surface area contributed by atoms with E-state index in [4.69, 9.17) is 19.7 Å². The van der Waals surface area contributed by atoms with Crippen LogP contribution in [0.4, 0.5) is 0 Å². The van der Waals surface area contributed by atoms with Crippen LogP contribution in [-0.2, 0) is 0 Å². The molecule has 4 heterocycles. The highest BCUT2D eigenvalue weighted by molar-refractivity contribution is 6.17. The first-order valence-corrected chi connectivity index (χ1v) is 19.2. The maximum atomic E-state index is 6.24. The van der Waals surface area contributed by atoms with E-state index in [9.17, 15) is 0 Å². The standard InChI is InChI=1S/C52H34N4O/c1-33-16-5-4-14-29-57-47-26-15-24-41(48(33)47)52-54-50(35-19-8-3-9-20-35)53-51(55-52)37-31-43-39-22-11-10-21-38(39)42-30-36(34-17-6-2-7-18-34)27-28-46(42)56-45-25-13-12-23-40(45)44(32-37)49(43)56/h2-28,30-32H,1,29H2/b14-4-,16-5-. The second-order valence-electron chi connectivity index (χ2n) is 14.4. The van der Waals surface area contributed by atoms with Gasteiger partial charge in [-0.3, -0.25) is 0 Å². The molecule has 0 unspecified atom stereocenters. The SMILES string of the molecule is C=C1/C=C\C=C/COc2cccc(-c3nc(-c4ccccc4)nc(-c4cc5c6c(c4)c4ccccc4n6-c4ccc(-c6ccccc6)cc4-c4ccccc4-5)n3)c21. The van der Waals surface area contributed by atoms with Gasteiger partial charge in [-0.2, -0.15) is 0 Å². The van der Waals surface area contributed by atoms with Crippen LogP contribution >= 0.6 is 0 Å². The van der Waals surface area contributed by atoms with Crippen molar-refractivity contribution in [2.75, 3.05) is 6.61 Å². The molecule has 2 aromatic heterocycles. The first kappa shape index (κ1) is 32.8. The van der Waals surface area contributed by atoms with E-state index in [1.165, 1.54) is 27.6 Å². The molecule has 7 aromatic carbocycles. The van der Waals surface area contributed by atoms with E-state index in [0.717, 1.165) is 66.8 Å². The number of rotatable bonds is 4. The number of allylic oxidation sites excluding steroid dienone is 4. The maximum Gasteiger partial charge on any atom is 0.164 e. The van der Waals surface area contributed by atoms with E-state index in [1.54, 1.807) is 0 Å². The number of aromatic nitrogens is 4. The number of para-hydroxylation sites is 1. The highest BCUT2D eigenvalue weighted by Gasteiger charge is 2.27. The number of ether oxygens (including phenoxy) is 1. The maximum absolute atomic E-state index is 6.24. The van der Waals surface area contributed by atoms with Crippen LogP contribution in [0.25, 0.3) is 101 Å². The van der Waals surface area contributed by atoms with E-state index in [1.807, 2.05) is 72.8 Å². The average molecular weight is 731 g/mol. The third-order valence-electron chi connectivity index (χ3n) is 11.0. The van der Waals surface area contributed by atoms with Gasteiger partial charge in [-0.05, 0) is 70.3 Å². The van der Waals surface area contributed by atoms with Gasteiger partial charge in [0, 0.05) is 44.2 Å². The van der Waals surface area contributed by atoms with Crippen LogP contribution in [0.3, 0.4) is 0 Å². The molecule has 2 aliphatic heterocycles. The summed E-state index contributed by atoms with van der Waals surface area (Å²) in [6.45, 7) is 4.88. The summed E-state index contributed by atoms with van der Waals surface area (Å²) in [5.74, 6) is 2.47. The van der Waals surface area contributed by atoms with Crippen LogP contribution in [0.2, 0.25) is 0 Å². The minimum atomic E-state index is 0.446. The summed E-state index contributed by atoms with van der Waals surface area (Å²) in [5, 5.41) is 2.30. The normalized spacial score (nSPS) is 14.0. The van der Waals surface area contributed by atoms with Crippen LogP contribution in [0.15, 0.2) is 189 Å². The number of nitrogens with zero attached hydrogens (tertiary/aromatic N) is 4. The number of fused-ring (bicyclic) bond motifs is 9. The van der Waals surface area contributed by atoms with Crippen molar-refractivity contribution in [3.63, 3.8) is 0 Å². The largest absolute Gasteiger partial charge is 0.489 e. The molecule has 0 atom stereocenters. The summed E-state index contributed by atoms with van der Waals surface area (Å²) in [4.78, 5) is 15.7.